The Morgan fingerprint density at radius 2 is 1.50 bits per heavy atom. The molecule has 3 aromatic rings. The highest BCUT2D eigenvalue weighted by Gasteiger charge is 2.40. The molecule has 162 valence electrons. The van der Waals surface area contributed by atoms with Crippen LogP contribution < -0.4 is 15.1 Å². The molecule has 0 atom stereocenters. The average Bonchev–Trinajstić information content (AvgIpc) is 3.01. The van der Waals surface area contributed by atoms with E-state index in [2.05, 4.69) is 5.32 Å². The first-order valence-electron chi connectivity index (χ1n) is 9.64. The number of amides is 2. The molecule has 4 rings (SSSR count). The van der Waals surface area contributed by atoms with E-state index in [0.717, 1.165) is 22.7 Å². The molecule has 0 aliphatic carbocycles. The van der Waals surface area contributed by atoms with Crippen LogP contribution in [0.3, 0.4) is 0 Å². The summed E-state index contributed by atoms with van der Waals surface area (Å²) in [5, 5.41) is 3.49. The van der Waals surface area contributed by atoms with Gasteiger partial charge in [-0.1, -0.05) is 23.7 Å². The van der Waals surface area contributed by atoms with Crippen molar-refractivity contribution in [2.24, 2.45) is 0 Å². The standard InChI is InChI=1S/C24H18ClF2N3O2/c1-29(2)17-9-7-16(8-10-17)28-22-21(14-3-5-15(25)6-4-14)23(31)30(24(22)32)18-11-12-19(26)20(27)13-18/h3-13,28H,1-2H3. The molecule has 0 spiro atoms. The highest BCUT2D eigenvalue weighted by atomic mass is 35.5. The van der Waals surface area contributed by atoms with Crippen LogP contribution >= 0.6 is 11.6 Å². The topological polar surface area (TPSA) is 52.7 Å². The molecule has 32 heavy (non-hydrogen) atoms. The maximum atomic E-state index is 13.8. The van der Waals surface area contributed by atoms with Crippen LogP contribution in [-0.4, -0.2) is 25.9 Å². The smallest absolute Gasteiger partial charge is 0.282 e. The first-order valence-corrected chi connectivity index (χ1v) is 10.0. The Balaban J connectivity index is 1.78. The molecule has 1 heterocycles. The Bertz CT molecular complexity index is 1240. The van der Waals surface area contributed by atoms with E-state index in [1.165, 1.54) is 6.07 Å². The van der Waals surface area contributed by atoms with Gasteiger partial charge in [0.2, 0.25) is 0 Å². The molecular weight excluding hydrogens is 436 g/mol. The Kier molecular flexibility index (Phi) is 5.67. The summed E-state index contributed by atoms with van der Waals surface area (Å²) in [6, 6.07) is 16.6. The molecule has 0 fully saturated rings. The second-order valence-electron chi connectivity index (χ2n) is 7.37. The summed E-state index contributed by atoms with van der Waals surface area (Å²) in [6.45, 7) is 0. The summed E-state index contributed by atoms with van der Waals surface area (Å²) in [7, 11) is 3.81. The molecular formula is C24H18ClF2N3O2. The quantitative estimate of drug-likeness (QED) is 0.547. The molecule has 0 bridgehead atoms. The zero-order valence-electron chi connectivity index (χ0n) is 17.2. The van der Waals surface area contributed by atoms with Gasteiger partial charge in [-0.25, -0.2) is 13.7 Å². The molecule has 8 heteroatoms. The van der Waals surface area contributed by atoms with Crippen molar-refractivity contribution in [2.45, 2.75) is 0 Å². The van der Waals surface area contributed by atoms with E-state index in [0.29, 0.717) is 16.3 Å². The largest absolute Gasteiger partial charge is 0.378 e. The van der Waals surface area contributed by atoms with Crippen LogP contribution in [-0.2, 0) is 9.59 Å². The van der Waals surface area contributed by atoms with Gasteiger partial charge >= 0.3 is 0 Å². The lowest BCUT2D eigenvalue weighted by molar-refractivity contribution is -0.120. The minimum atomic E-state index is -1.16. The molecule has 0 saturated heterocycles. The summed E-state index contributed by atoms with van der Waals surface area (Å²) in [5.74, 6) is -3.56. The van der Waals surface area contributed by atoms with Gasteiger partial charge in [0.05, 0.1) is 11.3 Å². The number of imide groups is 1. The van der Waals surface area contributed by atoms with Gasteiger partial charge in [-0.3, -0.25) is 9.59 Å². The molecule has 0 unspecified atom stereocenters. The molecule has 0 saturated carbocycles. The van der Waals surface area contributed by atoms with Crippen LogP contribution in [0, 0.1) is 11.6 Å². The number of carbonyl (C=O) groups is 2. The Morgan fingerprint density at radius 3 is 2.09 bits per heavy atom. The fraction of sp³-hybridized carbons (Fsp3) is 0.0833. The van der Waals surface area contributed by atoms with Crippen molar-refractivity contribution in [2.75, 3.05) is 29.2 Å². The number of anilines is 3. The van der Waals surface area contributed by atoms with Gasteiger partial charge in [0, 0.05) is 36.6 Å². The van der Waals surface area contributed by atoms with E-state index >= 15 is 0 Å². The lowest BCUT2D eigenvalue weighted by atomic mass is 10.0. The lowest BCUT2D eigenvalue weighted by Crippen LogP contribution is -2.32. The third kappa shape index (κ3) is 3.94. The number of hydrogen-bond donors (Lipinski definition) is 1. The van der Waals surface area contributed by atoms with Gasteiger partial charge in [-0.2, -0.15) is 0 Å². The van der Waals surface area contributed by atoms with E-state index in [1.807, 2.05) is 31.1 Å². The summed E-state index contributed by atoms with van der Waals surface area (Å²) >= 11 is 5.97. The zero-order valence-corrected chi connectivity index (χ0v) is 18.0. The molecule has 5 nitrogen and oxygen atoms in total. The normalized spacial score (nSPS) is 13.7. The number of nitrogens with one attached hydrogen (secondary N) is 1. The van der Waals surface area contributed by atoms with Gasteiger partial charge < -0.3 is 10.2 Å². The lowest BCUT2D eigenvalue weighted by Gasteiger charge is -2.16. The monoisotopic (exact) mass is 453 g/mol. The van der Waals surface area contributed by atoms with Gasteiger partial charge in [0.25, 0.3) is 11.8 Å². The maximum Gasteiger partial charge on any atom is 0.282 e. The fourth-order valence-electron chi connectivity index (χ4n) is 3.38. The van der Waals surface area contributed by atoms with Crippen molar-refractivity contribution < 1.29 is 18.4 Å². The molecule has 1 N–H and O–H groups in total. The minimum absolute atomic E-state index is 0.0275. The highest BCUT2D eigenvalue weighted by Crippen LogP contribution is 2.34. The van der Waals surface area contributed by atoms with Crippen LogP contribution in [0.25, 0.3) is 5.57 Å². The first kappa shape index (κ1) is 21.5. The Morgan fingerprint density at radius 1 is 0.844 bits per heavy atom. The second kappa shape index (κ2) is 8.43. The van der Waals surface area contributed by atoms with Crippen LogP contribution in [0.15, 0.2) is 72.4 Å². The van der Waals surface area contributed by atoms with Crippen LogP contribution in [0.5, 0.6) is 0 Å². The summed E-state index contributed by atoms with van der Waals surface area (Å²) in [5.41, 5.74) is 2.08. The van der Waals surface area contributed by atoms with Crippen molar-refractivity contribution >= 4 is 46.1 Å². The van der Waals surface area contributed by atoms with E-state index in [4.69, 9.17) is 11.6 Å². The molecule has 0 aromatic heterocycles. The zero-order chi connectivity index (χ0) is 23.0. The molecule has 1 aliphatic heterocycles. The minimum Gasteiger partial charge on any atom is -0.378 e. The highest BCUT2D eigenvalue weighted by molar-refractivity contribution is 6.46. The van der Waals surface area contributed by atoms with E-state index in [9.17, 15) is 18.4 Å². The van der Waals surface area contributed by atoms with Gasteiger partial charge in [-0.05, 0) is 54.1 Å². The number of benzene rings is 3. The first-order chi connectivity index (χ1) is 15.3. The van der Waals surface area contributed by atoms with Crippen molar-refractivity contribution in [3.63, 3.8) is 0 Å². The molecule has 0 radical (unpaired) electrons. The second-order valence-corrected chi connectivity index (χ2v) is 7.80. The Hall–Kier alpha value is -3.71. The predicted molar refractivity (Wildman–Crippen MR) is 122 cm³/mol. The van der Waals surface area contributed by atoms with E-state index < -0.39 is 23.4 Å². The summed E-state index contributed by atoms with van der Waals surface area (Å²) < 4.78 is 27.2. The van der Waals surface area contributed by atoms with Crippen LogP contribution in [0.2, 0.25) is 5.02 Å². The number of carbonyl (C=O) groups excluding carboxylic acids is 2. The molecule has 3 aromatic carbocycles. The van der Waals surface area contributed by atoms with Crippen LogP contribution in [0.4, 0.5) is 25.8 Å². The van der Waals surface area contributed by atoms with E-state index in [-0.39, 0.29) is 17.0 Å². The molecule has 1 aliphatic rings. The third-order valence-corrected chi connectivity index (χ3v) is 5.28. The number of halogens is 3. The van der Waals surface area contributed by atoms with E-state index in [1.54, 1.807) is 36.4 Å². The number of nitrogens with zero attached hydrogens (tertiary/aromatic N) is 2. The van der Waals surface area contributed by atoms with Crippen LogP contribution in [0.1, 0.15) is 5.56 Å². The van der Waals surface area contributed by atoms with Gasteiger partial charge in [-0.15, -0.1) is 0 Å². The van der Waals surface area contributed by atoms with Crippen molar-refractivity contribution in [1.29, 1.82) is 0 Å². The fourth-order valence-corrected chi connectivity index (χ4v) is 3.50. The predicted octanol–water partition coefficient (Wildman–Crippen LogP) is 5.08. The Labute approximate surface area is 188 Å². The number of rotatable bonds is 5. The van der Waals surface area contributed by atoms with Gasteiger partial charge in [0.15, 0.2) is 11.6 Å². The SMILES string of the molecule is CN(C)c1ccc(NC2=C(c3ccc(Cl)cc3)C(=O)N(c3ccc(F)c(F)c3)C2=O)cc1. The average molecular weight is 454 g/mol. The number of hydrogen-bond acceptors (Lipinski definition) is 4. The maximum absolute atomic E-state index is 13.8. The van der Waals surface area contributed by atoms with Gasteiger partial charge in [0.1, 0.15) is 5.70 Å². The van der Waals surface area contributed by atoms with Crippen molar-refractivity contribution in [3.8, 4) is 0 Å². The third-order valence-electron chi connectivity index (χ3n) is 5.03. The summed E-state index contributed by atoms with van der Waals surface area (Å²) in [4.78, 5) is 29.3. The summed E-state index contributed by atoms with van der Waals surface area (Å²) in [6.07, 6.45) is 0. The van der Waals surface area contributed by atoms with Crippen molar-refractivity contribution in [3.05, 3.63) is 94.6 Å². The molecule has 2 amide bonds. The van der Waals surface area contributed by atoms with Crippen molar-refractivity contribution in [1.82, 2.24) is 0 Å².